The van der Waals surface area contributed by atoms with Crippen LogP contribution in [0.1, 0.15) is 51.5 Å². The highest BCUT2D eigenvalue weighted by atomic mass is 32.2. The Balaban J connectivity index is 1.54. The Morgan fingerprint density at radius 2 is 1.83 bits per heavy atom. The van der Waals surface area contributed by atoms with E-state index in [1.165, 1.54) is 75.2 Å². The second kappa shape index (κ2) is 11.9. The Morgan fingerprint density at radius 3 is 2.58 bits per heavy atom. The first kappa shape index (κ1) is 19.8. The van der Waals surface area contributed by atoms with Crippen LogP contribution in [0.2, 0.25) is 0 Å². The lowest BCUT2D eigenvalue weighted by atomic mass is 10.1. The van der Waals surface area contributed by atoms with Crippen molar-refractivity contribution in [1.82, 2.24) is 4.90 Å². The third-order valence-corrected chi connectivity index (χ3v) is 6.36. The molecule has 1 fully saturated rings. The van der Waals surface area contributed by atoms with E-state index < -0.39 is 0 Å². The molecule has 1 nitrogen and oxygen atoms in total. The lowest BCUT2D eigenvalue weighted by Crippen LogP contribution is -2.33. The van der Waals surface area contributed by atoms with Gasteiger partial charge in [-0.1, -0.05) is 23.3 Å². The maximum Gasteiger partial charge on any atom is 0.00727 e. The summed E-state index contributed by atoms with van der Waals surface area (Å²) in [5.41, 5.74) is 4.60. The first-order valence-electron chi connectivity index (χ1n) is 9.36. The predicted molar refractivity (Wildman–Crippen MR) is 112 cm³/mol. The van der Waals surface area contributed by atoms with Crippen molar-refractivity contribution < 1.29 is 0 Å². The fourth-order valence-corrected chi connectivity index (χ4v) is 4.76. The topological polar surface area (TPSA) is 3.24 Å². The van der Waals surface area contributed by atoms with Crippen molar-refractivity contribution in [3.8, 4) is 0 Å². The minimum Gasteiger partial charge on any atom is -0.302 e. The molecular weight excluding hydrogens is 330 g/mol. The monoisotopic (exact) mass is 363 g/mol. The molecule has 1 aromatic rings. The second-order valence-electron chi connectivity index (χ2n) is 6.87. The summed E-state index contributed by atoms with van der Waals surface area (Å²) in [6.07, 6.45) is 12.3. The van der Waals surface area contributed by atoms with Crippen LogP contribution in [-0.4, -0.2) is 36.0 Å². The van der Waals surface area contributed by atoms with Gasteiger partial charge >= 0.3 is 0 Å². The summed E-state index contributed by atoms with van der Waals surface area (Å²) in [5.74, 6) is 2.65. The van der Waals surface area contributed by atoms with Gasteiger partial charge in [0, 0.05) is 24.6 Å². The normalized spacial score (nSPS) is 17.4. The van der Waals surface area contributed by atoms with Crippen LogP contribution in [0, 0.1) is 0 Å². The number of aryl methyl sites for hydroxylation is 1. The van der Waals surface area contributed by atoms with Crippen molar-refractivity contribution in [3.63, 3.8) is 0 Å². The molecule has 0 unspecified atom stereocenters. The van der Waals surface area contributed by atoms with Crippen molar-refractivity contribution in [3.05, 3.63) is 45.7 Å². The Kier molecular flexibility index (Phi) is 9.86. The molecule has 2 rings (SSSR count). The zero-order valence-corrected chi connectivity index (χ0v) is 17.1. The van der Waals surface area contributed by atoms with Crippen LogP contribution in [0.4, 0.5) is 0 Å². The van der Waals surface area contributed by atoms with E-state index in [1.807, 2.05) is 0 Å². The SMILES string of the molecule is C/C(=C\CCc1ccsc1)CC/C=C(\C)CCCN1CCSCC1. The summed E-state index contributed by atoms with van der Waals surface area (Å²) < 4.78 is 0. The van der Waals surface area contributed by atoms with Crippen molar-refractivity contribution in [2.75, 3.05) is 31.1 Å². The average Bonchev–Trinajstić information content (AvgIpc) is 3.09. The molecule has 0 N–H and O–H groups in total. The Hall–Kier alpha value is -0.510. The van der Waals surface area contributed by atoms with E-state index in [4.69, 9.17) is 0 Å². The molecule has 24 heavy (non-hydrogen) atoms. The molecule has 0 aromatic carbocycles. The van der Waals surface area contributed by atoms with Crippen molar-refractivity contribution in [2.24, 2.45) is 0 Å². The summed E-state index contributed by atoms with van der Waals surface area (Å²) in [6.45, 7) is 8.46. The van der Waals surface area contributed by atoms with Gasteiger partial charge < -0.3 is 4.90 Å². The minimum absolute atomic E-state index is 1.18. The highest BCUT2D eigenvalue weighted by Crippen LogP contribution is 2.14. The lowest BCUT2D eigenvalue weighted by Gasteiger charge is -2.25. The molecule has 134 valence electrons. The Morgan fingerprint density at radius 1 is 1.08 bits per heavy atom. The molecule has 1 aliphatic heterocycles. The Labute approximate surface area is 157 Å². The van der Waals surface area contributed by atoms with Crippen molar-refractivity contribution in [1.29, 1.82) is 0 Å². The summed E-state index contributed by atoms with van der Waals surface area (Å²) in [4.78, 5) is 2.63. The summed E-state index contributed by atoms with van der Waals surface area (Å²) in [7, 11) is 0. The van der Waals surface area contributed by atoms with E-state index in [2.05, 4.69) is 59.5 Å². The molecule has 2 heterocycles. The summed E-state index contributed by atoms with van der Waals surface area (Å²) >= 11 is 3.90. The fraction of sp³-hybridized carbons (Fsp3) is 0.619. The van der Waals surface area contributed by atoms with Crippen LogP contribution in [0.15, 0.2) is 40.1 Å². The van der Waals surface area contributed by atoms with Crippen LogP contribution >= 0.6 is 23.1 Å². The molecule has 1 saturated heterocycles. The molecule has 0 aliphatic carbocycles. The smallest absolute Gasteiger partial charge is 0.00727 e. The van der Waals surface area contributed by atoms with Gasteiger partial charge in [0.15, 0.2) is 0 Å². The Bertz CT molecular complexity index is 496. The average molecular weight is 364 g/mol. The van der Waals surface area contributed by atoms with E-state index in [-0.39, 0.29) is 0 Å². The van der Waals surface area contributed by atoms with Crippen LogP contribution in [-0.2, 0) is 6.42 Å². The molecule has 0 amide bonds. The van der Waals surface area contributed by atoms with Gasteiger partial charge in [0.2, 0.25) is 0 Å². The van der Waals surface area contributed by atoms with Gasteiger partial charge in [-0.2, -0.15) is 23.1 Å². The van der Waals surface area contributed by atoms with Gasteiger partial charge in [0.1, 0.15) is 0 Å². The number of allylic oxidation sites excluding steroid dienone is 4. The maximum atomic E-state index is 2.63. The summed E-state index contributed by atoms with van der Waals surface area (Å²) in [5, 5.41) is 4.43. The van der Waals surface area contributed by atoms with Gasteiger partial charge in [0.25, 0.3) is 0 Å². The number of nitrogens with zero attached hydrogens (tertiary/aromatic N) is 1. The van der Waals surface area contributed by atoms with Gasteiger partial charge in [-0.25, -0.2) is 0 Å². The standard InChI is InChI=1S/C21H33NS2/c1-19(8-4-10-21-11-15-24-18-21)6-3-7-20(2)9-5-12-22-13-16-23-17-14-22/h7-8,11,15,18H,3-6,9-10,12-14,16-17H2,1-2H3/b19-8+,20-7+. The fourth-order valence-electron chi connectivity index (χ4n) is 3.08. The number of thiophene rings is 1. The van der Waals surface area contributed by atoms with Crippen LogP contribution in [0.3, 0.4) is 0 Å². The quantitative estimate of drug-likeness (QED) is 0.456. The number of hydrogen-bond donors (Lipinski definition) is 0. The third-order valence-electron chi connectivity index (χ3n) is 4.69. The number of thioether (sulfide) groups is 1. The first-order valence-corrected chi connectivity index (χ1v) is 11.5. The van der Waals surface area contributed by atoms with Crippen LogP contribution < -0.4 is 0 Å². The molecule has 1 aliphatic rings. The van der Waals surface area contributed by atoms with Crippen molar-refractivity contribution in [2.45, 2.75) is 52.4 Å². The maximum absolute atomic E-state index is 2.63. The van der Waals surface area contributed by atoms with Gasteiger partial charge in [-0.3, -0.25) is 0 Å². The molecule has 0 saturated carbocycles. The first-order chi connectivity index (χ1) is 11.7. The molecule has 0 atom stereocenters. The lowest BCUT2D eigenvalue weighted by molar-refractivity contribution is 0.298. The highest BCUT2D eigenvalue weighted by molar-refractivity contribution is 7.99. The molecule has 0 bridgehead atoms. The van der Waals surface area contributed by atoms with Crippen molar-refractivity contribution >= 4 is 23.1 Å². The zero-order valence-electron chi connectivity index (χ0n) is 15.4. The van der Waals surface area contributed by atoms with E-state index in [0.717, 1.165) is 0 Å². The molecule has 1 aromatic heterocycles. The van der Waals surface area contributed by atoms with E-state index in [1.54, 1.807) is 22.5 Å². The zero-order chi connectivity index (χ0) is 17.0. The van der Waals surface area contributed by atoms with E-state index >= 15 is 0 Å². The van der Waals surface area contributed by atoms with Crippen LogP contribution in [0.25, 0.3) is 0 Å². The summed E-state index contributed by atoms with van der Waals surface area (Å²) in [6, 6.07) is 2.24. The predicted octanol–water partition coefficient (Wildman–Crippen LogP) is 6.18. The van der Waals surface area contributed by atoms with E-state index in [9.17, 15) is 0 Å². The highest BCUT2D eigenvalue weighted by Gasteiger charge is 2.09. The molecule has 3 heteroatoms. The molecular formula is C21H33NS2. The number of rotatable bonds is 10. The van der Waals surface area contributed by atoms with Crippen LogP contribution in [0.5, 0.6) is 0 Å². The third kappa shape index (κ3) is 8.55. The van der Waals surface area contributed by atoms with E-state index in [0.29, 0.717) is 0 Å². The second-order valence-corrected chi connectivity index (χ2v) is 8.87. The minimum atomic E-state index is 1.18. The van der Waals surface area contributed by atoms with Gasteiger partial charge in [0.05, 0.1) is 0 Å². The molecule has 0 radical (unpaired) electrons. The molecule has 0 spiro atoms. The number of hydrogen-bond acceptors (Lipinski definition) is 3. The van der Waals surface area contributed by atoms with Gasteiger partial charge in [-0.15, -0.1) is 0 Å². The van der Waals surface area contributed by atoms with Gasteiger partial charge in [-0.05, 0) is 81.3 Å². The largest absolute Gasteiger partial charge is 0.302 e.